The van der Waals surface area contributed by atoms with Gasteiger partial charge < -0.3 is 10.1 Å². The number of aromatic amines is 1. The molecule has 1 unspecified atom stereocenters. The third-order valence-electron chi connectivity index (χ3n) is 2.94. The number of nitrogens with one attached hydrogen (secondary N) is 2. The van der Waals surface area contributed by atoms with Gasteiger partial charge in [-0.05, 0) is 25.6 Å². The molecule has 0 amide bonds. The first kappa shape index (κ1) is 12.6. The molecule has 0 aliphatic carbocycles. The van der Waals surface area contributed by atoms with Crippen LogP contribution in [-0.2, 0) is 0 Å². The van der Waals surface area contributed by atoms with Crippen molar-refractivity contribution in [2.24, 2.45) is 0 Å². The lowest BCUT2D eigenvalue weighted by Gasteiger charge is -2.20. The topological polar surface area (TPSA) is 49.9 Å². The SMILES string of the molecule is CCNC(c1ccn[nH]1)c1cc(C)ccc1OC. The van der Waals surface area contributed by atoms with Gasteiger partial charge in [-0.1, -0.05) is 24.6 Å². The Morgan fingerprint density at radius 3 is 2.83 bits per heavy atom. The molecule has 0 aliphatic rings. The summed E-state index contributed by atoms with van der Waals surface area (Å²) in [5.74, 6) is 0.890. The lowest BCUT2D eigenvalue weighted by atomic mass is 10.0. The number of aromatic nitrogens is 2. The number of aryl methyl sites for hydroxylation is 1. The minimum Gasteiger partial charge on any atom is -0.496 e. The summed E-state index contributed by atoms with van der Waals surface area (Å²) in [6.45, 7) is 5.05. The van der Waals surface area contributed by atoms with Gasteiger partial charge in [0.05, 0.1) is 18.8 Å². The van der Waals surface area contributed by atoms with Crippen LogP contribution in [0.3, 0.4) is 0 Å². The Hall–Kier alpha value is -1.81. The molecular formula is C14H19N3O. The summed E-state index contributed by atoms with van der Waals surface area (Å²) in [5, 5.41) is 10.5. The van der Waals surface area contributed by atoms with Crippen molar-refractivity contribution < 1.29 is 4.74 Å². The average Bonchev–Trinajstić information content (AvgIpc) is 2.89. The fourth-order valence-corrected chi connectivity index (χ4v) is 2.10. The van der Waals surface area contributed by atoms with Crippen molar-refractivity contribution in [2.75, 3.05) is 13.7 Å². The Labute approximate surface area is 107 Å². The van der Waals surface area contributed by atoms with Gasteiger partial charge in [0, 0.05) is 11.8 Å². The maximum Gasteiger partial charge on any atom is 0.124 e. The number of hydrogen-bond donors (Lipinski definition) is 2. The highest BCUT2D eigenvalue weighted by molar-refractivity contribution is 5.42. The van der Waals surface area contributed by atoms with Crippen molar-refractivity contribution in [3.05, 3.63) is 47.3 Å². The molecule has 1 aromatic heterocycles. The summed E-state index contributed by atoms with van der Waals surface area (Å²) in [6.07, 6.45) is 1.77. The third kappa shape index (κ3) is 2.54. The van der Waals surface area contributed by atoms with E-state index in [4.69, 9.17) is 4.74 Å². The van der Waals surface area contributed by atoms with Crippen LogP contribution >= 0.6 is 0 Å². The first-order chi connectivity index (χ1) is 8.76. The molecular weight excluding hydrogens is 226 g/mol. The van der Waals surface area contributed by atoms with E-state index in [0.717, 1.165) is 23.6 Å². The summed E-state index contributed by atoms with van der Waals surface area (Å²) in [6, 6.07) is 8.26. The van der Waals surface area contributed by atoms with Gasteiger partial charge in [0.1, 0.15) is 5.75 Å². The fraction of sp³-hybridized carbons (Fsp3) is 0.357. The van der Waals surface area contributed by atoms with Crippen LogP contribution < -0.4 is 10.1 Å². The lowest BCUT2D eigenvalue weighted by Crippen LogP contribution is -2.23. The van der Waals surface area contributed by atoms with Crippen LogP contribution in [0.2, 0.25) is 0 Å². The molecule has 0 aliphatic heterocycles. The first-order valence-corrected chi connectivity index (χ1v) is 6.13. The van der Waals surface area contributed by atoms with Crippen LogP contribution in [0.4, 0.5) is 0 Å². The van der Waals surface area contributed by atoms with Crippen LogP contribution in [0.25, 0.3) is 0 Å². The van der Waals surface area contributed by atoms with E-state index in [1.165, 1.54) is 5.56 Å². The first-order valence-electron chi connectivity index (χ1n) is 6.13. The predicted molar refractivity (Wildman–Crippen MR) is 71.8 cm³/mol. The van der Waals surface area contributed by atoms with Crippen molar-refractivity contribution in [2.45, 2.75) is 19.9 Å². The minimum atomic E-state index is 0.0762. The molecule has 0 spiro atoms. The van der Waals surface area contributed by atoms with Gasteiger partial charge in [-0.25, -0.2) is 0 Å². The van der Waals surface area contributed by atoms with Crippen LogP contribution in [-0.4, -0.2) is 23.9 Å². The quantitative estimate of drug-likeness (QED) is 0.850. The number of rotatable bonds is 5. The predicted octanol–water partition coefficient (Wildman–Crippen LogP) is 2.43. The third-order valence-corrected chi connectivity index (χ3v) is 2.94. The number of hydrogen-bond acceptors (Lipinski definition) is 3. The molecule has 4 nitrogen and oxygen atoms in total. The normalized spacial score (nSPS) is 12.4. The molecule has 0 saturated carbocycles. The molecule has 96 valence electrons. The largest absolute Gasteiger partial charge is 0.496 e. The smallest absolute Gasteiger partial charge is 0.124 e. The van der Waals surface area contributed by atoms with Crippen LogP contribution in [0.5, 0.6) is 5.75 Å². The van der Waals surface area contributed by atoms with Crippen LogP contribution in [0.1, 0.15) is 29.8 Å². The van der Waals surface area contributed by atoms with E-state index < -0.39 is 0 Å². The van der Waals surface area contributed by atoms with Crippen molar-refractivity contribution in [3.63, 3.8) is 0 Å². The number of H-pyrrole nitrogens is 1. The monoisotopic (exact) mass is 245 g/mol. The number of nitrogens with zero attached hydrogens (tertiary/aromatic N) is 1. The van der Waals surface area contributed by atoms with Crippen molar-refractivity contribution in [1.29, 1.82) is 0 Å². The molecule has 4 heteroatoms. The zero-order valence-electron chi connectivity index (χ0n) is 11.0. The van der Waals surface area contributed by atoms with E-state index in [9.17, 15) is 0 Å². The summed E-state index contributed by atoms with van der Waals surface area (Å²) in [5.41, 5.74) is 3.39. The second-order valence-corrected chi connectivity index (χ2v) is 4.25. The van der Waals surface area contributed by atoms with E-state index in [0.29, 0.717) is 0 Å². The molecule has 2 rings (SSSR count). The van der Waals surface area contributed by atoms with Crippen molar-refractivity contribution in [1.82, 2.24) is 15.5 Å². The molecule has 1 heterocycles. The van der Waals surface area contributed by atoms with Crippen LogP contribution in [0.15, 0.2) is 30.5 Å². The minimum absolute atomic E-state index is 0.0762. The van der Waals surface area contributed by atoms with E-state index in [-0.39, 0.29) is 6.04 Å². The highest BCUT2D eigenvalue weighted by Gasteiger charge is 2.18. The molecule has 1 aromatic carbocycles. The standard InChI is InChI=1S/C14H19N3O/c1-4-15-14(12-7-8-16-17-12)11-9-10(2)5-6-13(11)18-3/h5-9,14-15H,4H2,1-3H3,(H,16,17). The molecule has 1 atom stereocenters. The van der Waals surface area contributed by atoms with E-state index in [2.05, 4.69) is 41.5 Å². The Morgan fingerprint density at radius 1 is 1.39 bits per heavy atom. The summed E-state index contributed by atoms with van der Waals surface area (Å²) < 4.78 is 5.45. The summed E-state index contributed by atoms with van der Waals surface area (Å²) in [7, 11) is 1.70. The highest BCUT2D eigenvalue weighted by Crippen LogP contribution is 2.29. The fourth-order valence-electron chi connectivity index (χ4n) is 2.10. The molecule has 0 radical (unpaired) electrons. The zero-order valence-corrected chi connectivity index (χ0v) is 11.0. The van der Waals surface area contributed by atoms with Gasteiger partial charge in [-0.3, -0.25) is 5.10 Å². The van der Waals surface area contributed by atoms with Gasteiger partial charge in [-0.15, -0.1) is 0 Å². The maximum absolute atomic E-state index is 5.45. The maximum atomic E-state index is 5.45. The van der Waals surface area contributed by atoms with Crippen LogP contribution in [0, 0.1) is 6.92 Å². The van der Waals surface area contributed by atoms with Gasteiger partial charge >= 0.3 is 0 Å². The number of methoxy groups -OCH3 is 1. The summed E-state index contributed by atoms with van der Waals surface area (Å²) in [4.78, 5) is 0. The second kappa shape index (κ2) is 5.69. The Morgan fingerprint density at radius 2 is 2.22 bits per heavy atom. The highest BCUT2D eigenvalue weighted by atomic mass is 16.5. The molecule has 0 bridgehead atoms. The van der Waals surface area contributed by atoms with Gasteiger partial charge in [0.15, 0.2) is 0 Å². The van der Waals surface area contributed by atoms with Gasteiger partial charge in [0.2, 0.25) is 0 Å². The lowest BCUT2D eigenvalue weighted by molar-refractivity contribution is 0.403. The zero-order chi connectivity index (χ0) is 13.0. The van der Waals surface area contributed by atoms with Crippen molar-refractivity contribution in [3.8, 4) is 5.75 Å². The Bertz CT molecular complexity index is 494. The Kier molecular flexibility index (Phi) is 3.99. The van der Waals surface area contributed by atoms with E-state index in [1.54, 1.807) is 13.3 Å². The molecule has 2 N–H and O–H groups in total. The van der Waals surface area contributed by atoms with E-state index >= 15 is 0 Å². The summed E-state index contributed by atoms with van der Waals surface area (Å²) >= 11 is 0. The van der Waals surface area contributed by atoms with Gasteiger partial charge in [0.25, 0.3) is 0 Å². The molecule has 0 saturated heterocycles. The molecule has 2 aromatic rings. The van der Waals surface area contributed by atoms with E-state index in [1.807, 2.05) is 12.1 Å². The average molecular weight is 245 g/mol. The number of benzene rings is 1. The van der Waals surface area contributed by atoms with Gasteiger partial charge in [-0.2, -0.15) is 5.10 Å². The van der Waals surface area contributed by atoms with Crippen molar-refractivity contribution >= 4 is 0 Å². The Balaban J connectivity index is 2.45. The molecule has 18 heavy (non-hydrogen) atoms. The molecule has 0 fully saturated rings. The second-order valence-electron chi connectivity index (χ2n) is 4.25. The number of ether oxygens (including phenoxy) is 1.